The predicted octanol–water partition coefficient (Wildman–Crippen LogP) is 2.24. The van der Waals surface area contributed by atoms with E-state index in [9.17, 15) is 9.59 Å². The normalized spacial score (nSPS) is 15.0. The molecule has 2 aromatic carbocycles. The molecule has 1 heterocycles. The summed E-state index contributed by atoms with van der Waals surface area (Å²) in [5.74, 6) is -0.431. The lowest BCUT2D eigenvalue weighted by molar-refractivity contribution is 0.0650. The number of hydrogen-bond donors (Lipinski definition) is 1. The van der Waals surface area contributed by atoms with Crippen LogP contribution in [0.4, 0.5) is 0 Å². The second-order valence-corrected chi connectivity index (χ2v) is 5.55. The molecule has 1 aliphatic heterocycles. The van der Waals surface area contributed by atoms with Crippen LogP contribution in [0.15, 0.2) is 54.6 Å². The molecule has 4 heteroatoms. The van der Waals surface area contributed by atoms with E-state index >= 15 is 0 Å². The van der Waals surface area contributed by atoms with Gasteiger partial charge in [-0.1, -0.05) is 42.5 Å². The van der Waals surface area contributed by atoms with Crippen molar-refractivity contribution in [2.45, 2.75) is 18.9 Å². The first kappa shape index (κ1) is 14.5. The second kappa shape index (κ2) is 6.12. The first-order valence-electron chi connectivity index (χ1n) is 7.41. The summed E-state index contributed by atoms with van der Waals surface area (Å²) in [5.41, 5.74) is 8.27. The van der Waals surface area contributed by atoms with Crippen molar-refractivity contribution in [3.63, 3.8) is 0 Å². The molecule has 1 aliphatic rings. The summed E-state index contributed by atoms with van der Waals surface area (Å²) in [6, 6.07) is 16.8. The van der Waals surface area contributed by atoms with Crippen LogP contribution in [-0.2, 0) is 6.42 Å². The molecule has 0 unspecified atom stereocenters. The third kappa shape index (κ3) is 2.78. The van der Waals surface area contributed by atoms with E-state index in [1.807, 2.05) is 30.3 Å². The number of imide groups is 1. The third-order valence-electron chi connectivity index (χ3n) is 3.94. The number of nitrogens with two attached hydrogens (primary N) is 1. The smallest absolute Gasteiger partial charge is 0.261 e. The molecule has 3 rings (SSSR count). The van der Waals surface area contributed by atoms with Crippen molar-refractivity contribution in [3.05, 3.63) is 71.3 Å². The maximum atomic E-state index is 12.2. The van der Waals surface area contributed by atoms with Crippen LogP contribution < -0.4 is 5.73 Å². The molecule has 4 nitrogen and oxygen atoms in total. The van der Waals surface area contributed by atoms with E-state index in [1.165, 1.54) is 4.90 Å². The zero-order chi connectivity index (χ0) is 15.5. The minimum Gasteiger partial charge on any atom is -0.327 e. The van der Waals surface area contributed by atoms with Gasteiger partial charge in [0.25, 0.3) is 11.8 Å². The Morgan fingerprint density at radius 3 is 2.00 bits per heavy atom. The van der Waals surface area contributed by atoms with E-state index in [0.29, 0.717) is 24.1 Å². The molecule has 0 spiro atoms. The van der Waals surface area contributed by atoms with Crippen molar-refractivity contribution >= 4 is 11.8 Å². The molecule has 0 aliphatic carbocycles. The first-order valence-corrected chi connectivity index (χ1v) is 7.41. The Morgan fingerprint density at radius 2 is 1.41 bits per heavy atom. The molecule has 112 valence electrons. The molecular weight excluding hydrogens is 276 g/mol. The average Bonchev–Trinajstić information content (AvgIpc) is 2.78. The molecule has 0 radical (unpaired) electrons. The molecule has 1 atom stereocenters. The molecule has 0 fully saturated rings. The highest BCUT2D eigenvalue weighted by atomic mass is 16.2. The van der Waals surface area contributed by atoms with Crippen LogP contribution in [0.1, 0.15) is 32.7 Å². The SMILES string of the molecule is N[C@@H](CCN1C(=O)c2ccccc2C1=O)Cc1ccccc1. The van der Waals surface area contributed by atoms with E-state index in [2.05, 4.69) is 0 Å². The fourth-order valence-electron chi connectivity index (χ4n) is 2.76. The summed E-state index contributed by atoms with van der Waals surface area (Å²) in [7, 11) is 0. The van der Waals surface area contributed by atoms with Gasteiger partial charge < -0.3 is 5.73 Å². The Hall–Kier alpha value is -2.46. The maximum absolute atomic E-state index is 12.2. The number of fused-ring (bicyclic) bond motifs is 1. The van der Waals surface area contributed by atoms with Crippen molar-refractivity contribution in [2.24, 2.45) is 5.73 Å². The fraction of sp³-hybridized carbons (Fsp3) is 0.222. The van der Waals surface area contributed by atoms with Crippen molar-refractivity contribution in [3.8, 4) is 0 Å². The zero-order valence-electron chi connectivity index (χ0n) is 12.2. The van der Waals surface area contributed by atoms with Crippen LogP contribution in [-0.4, -0.2) is 29.3 Å². The van der Waals surface area contributed by atoms with Gasteiger partial charge in [0.2, 0.25) is 0 Å². The molecule has 0 aromatic heterocycles. The van der Waals surface area contributed by atoms with Gasteiger partial charge in [0.1, 0.15) is 0 Å². The average molecular weight is 294 g/mol. The lowest BCUT2D eigenvalue weighted by atomic mass is 10.0. The van der Waals surface area contributed by atoms with Crippen LogP contribution in [0, 0.1) is 0 Å². The van der Waals surface area contributed by atoms with E-state index in [0.717, 1.165) is 12.0 Å². The van der Waals surface area contributed by atoms with Crippen molar-refractivity contribution in [2.75, 3.05) is 6.54 Å². The summed E-state index contributed by atoms with van der Waals surface area (Å²) in [4.78, 5) is 25.8. The third-order valence-corrected chi connectivity index (χ3v) is 3.94. The van der Waals surface area contributed by atoms with Gasteiger partial charge in [-0.2, -0.15) is 0 Å². The largest absolute Gasteiger partial charge is 0.327 e. The highest BCUT2D eigenvalue weighted by Crippen LogP contribution is 2.22. The quantitative estimate of drug-likeness (QED) is 0.860. The van der Waals surface area contributed by atoms with Crippen molar-refractivity contribution < 1.29 is 9.59 Å². The number of carbonyl (C=O) groups excluding carboxylic acids is 2. The molecule has 0 bridgehead atoms. The Balaban J connectivity index is 1.61. The van der Waals surface area contributed by atoms with Gasteiger partial charge in [0.05, 0.1) is 11.1 Å². The molecule has 2 N–H and O–H groups in total. The number of amides is 2. The zero-order valence-corrected chi connectivity index (χ0v) is 12.2. The van der Waals surface area contributed by atoms with Gasteiger partial charge in [0.15, 0.2) is 0 Å². The Morgan fingerprint density at radius 1 is 0.864 bits per heavy atom. The van der Waals surface area contributed by atoms with E-state index in [1.54, 1.807) is 24.3 Å². The summed E-state index contributed by atoms with van der Waals surface area (Å²) in [6.45, 7) is 0.361. The van der Waals surface area contributed by atoms with Gasteiger partial charge in [-0.15, -0.1) is 0 Å². The van der Waals surface area contributed by atoms with E-state index in [-0.39, 0.29) is 17.9 Å². The number of rotatable bonds is 5. The summed E-state index contributed by atoms with van der Waals surface area (Å²) < 4.78 is 0. The lowest BCUT2D eigenvalue weighted by Gasteiger charge is -2.17. The minimum atomic E-state index is -0.215. The summed E-state index contributed by atoms with van der Waals surface area (Å²) in [6.07, 6.45) is 1.34. The van der Waals surface area contributed by atoms with Crippen molar-refractivity contribution in [1.29, 1.82) is 0 Å². The number of benzene rings is 2. The summed E-state index contributed by atoms with van der Waals surface area (Å²) >= 11 is 0. The highest BCUT2D eigenvalue weighted by Gasteiger charge is 2.34. The van der Waals surface area contributed by atoms with Crippen LogP contribution in [0.5, 0.6) is 0 Å². The molecule has 0 saturated carbocycles. The second-order valence-electron chi connectivity index (χ2n) is 5.55. The lowest BCUT2D eigenvalue weighted by Crippen LogP contribution is -2.35. The number of carbonyl (C=O) groups is 2. The van der Waals surface area contributed by atoms with Crippen LogP contribution in [0.3, 0.4) is 0 Å². The van der Waals surface area contributed by atoms with Crippen LogP contribution in [0.25, 0.3) is 0 Å². The Bertz CT molecular complexity index is 662. The highest BCUT2D eigenvalue weighted by molar-refractivity contribution is 6.21. The molecule has 2 aromatic rings. The van der Waals surface area contributed by atoms with Crippen LogP contribution in [0.2, 0.25) is 0 Å². The van der Waals surface area contributed by atoms with Crippen molar-refractivity contribution in [1.82, 2.24) is 4.90 Å². The van der Waals surface area contributed by atoms with Crippen LogP contribution >= 0.6 is 0 Å². The number of nitrogens with zero attached hydrogens (tertiary/aromatic N) is 1. The van der Waals surface area contributed by atoms with Gasteiger partial charge in [0, 0.05) is 12.6 Å². The van der Waals surface area contributed by atoms with Gasteiger partial charge in [-0.25, -0.2) is 0 Å². The van der Waals surface area contributed by atoms with Gasteiger partial charge >= 0.3 is 0 Å². The maximum Gasteiger partial charge on any atom is 0.261 e. The molecule has 22 heavy (non-hydrogen) atoms. The van der Waals surface area contributed by atoms with Gasteiger partial charge in [-0.3, -0.25) is 14.5 Å². The Kier molecular flexibility index (Phi) is 4.02. The Labute approximate surface area is 129 Å². The van der Waals surface area contributed by atoms with Gasteiger partial charge in [-0.05, 0) is 30.5 Å². The predicted molar refractivity (Wildman–Crippen MR) is 84.5 cm³/mol. The molecule has 0 saturated heterocycles. The molecule has 2 amide bonds. The fourth-order valence-corrected chi connectivity index (χ4v) is 2.76. The molecular formula is C18H18N2O2. The monoisotopic (exact) mass is 294 g/mol. The first-order chi connectivity index (χ1) is 10.7. The number of hydrogen-bond acceptors (Lipinski definition) is 3. The topological polar surface area (TPSA) is 63.4 Å². The summed E-state index contributed by atoms with van der Waals surface area (Å²) in [5, 5.41) is 0. The standard InChI is InChI=1S/C18H18N2O2/c19-14(12-13-6-2-1-3-7-13)10-11-20-17(21)15-8-4-5-9-16(15)18(20)22/h1-9,14H,10-12,19H2/t14-/m0/s1. The minimum absolute atomic E-state index is 0.0771. The van der Waals surface area contributed by atoms with E-state index in [4.69, 9.17) is 5.73 Å². The van der Waals surface area contributed by atoms with E-state index < -0.39 is 0 Å².